The summed E-state index contributed by atoms with van der Waals surface area (Å²) in [4.78, 5) is 20.1. The molecule has 1 aliphatic heterocycles. The Kier molecular flexibility index (Phi) is 6.17. The quantitative estimate of drug-likeness (QED) is 0.603. The molecule has 1 aliphatic rings. The summed E-state index contributed by atoms with van der Waals surface area (Å²) < 4.78 is 5.86. The Bertz CT molecular complexity index is 871. The number of hydrogen-bond acceptors (Lipinski definition) is 5. The minimum Gasteiger partial charge on any atom is -0.423 e. The van der Waals surface area contributed by atoms with Gasteiger partial charge >= 0.3 is 0 Å². The van der Waals surface area contributed by atoms with E-state index in [1.807, 2.05) is 42.5 Å². The molecule has 0 bridgehead atoms. The van der Waals surface area contributed by atoms with Gasteiger partial charge in [0, 0.05) is 36.7 Å². The first-order chi connectivity index (χ1) is 13.8. The zero-order chi connectivity index (χ0) is 19.2. The van der Waals surface area contributed by atoms with Gasteiger partial charge in [0.25, 0.3) is 6.01 Å². The first kappa shape index (κ1) is 18.9. The average molecular weight is 396 g/mol. The summed E-state index contributed by atoms with van der Waals surface area (Å²) >= 11 is 1.72. The van der Waals surface area contributed by atoms with Crippen molar-refractivity contribution in [3.8, 4) is 0 Å². The zero-order valence-electron chi connectivity index (χ0n) is 15.8. The maximum atomic E-state index is 12.1. The van der Waals surface area contributed by atoms with Gasteiger partial charge in [-0.1, -0.05) is 30.3 Å². The Balaban J connectivity index is 1.16. The standard InChI is InChI=1S/C22H25N3O2S/c26-21(12-15-28-18-6-2-1-3-7-18)23-16-17-10-13-25(14-11-17)22-24-19-8-4-5-9-20(19)27-22/h1-9,17H,10-16H2,(H,23,26). The molecule has 1 saturated heterocycles. The lowest BCUT2D eigenvalue weighted by atomic mass is 9.97. The summed E-state index contributed by atoms with van der Waals surface area (Å²) in [7, 11) is 0. The summed E-state index contributed by atoms with van der Waals surface area (Å²) in [5.74, 6) is 1.47. The van der Waals surface area contributed by atoms with Crippen LogP contribution in [-0.4, -0.2) is 36.3 Å². The number of amides is 1. The number of para-hydroxylation sites is 2. The topological polar surface area (TPSA) is 58.4 Å². The Hall–Kier alpha value is -2.47. The molecule has 0 aliphatic carbocycles. The molecule has 1 aromatic heterocycles. The Morgan fingerprint density at radius 2 is 1.86 bits per heavy atom. The van der Waals surface area contributed by atoms with Gasteiger partial charge in [0.1, 0.15) is 5.52 Å². The maximum absolute atomic E-state index is 12.1. The second kappa shape index (κ2) is 9.15. The van der Waals surface area contributed by atoms with E-state index in [4.69, 9.17) is 4.42 Å². The van der Waals surface area contributed by atoms with Gasteiger partial charge in [-0.3, -0.25) is 4.79 Å². The van der Waals surface area contributed by atoms with E-state index < -0.39 is 0 Å². The fourth-order valence-corrected chi connectivity index (χ4v) is 4.32. The number of oxazole rings is 1. The average Bonchev–Trinajstić information content (AvgIpc) is 3.18. The van der Waals surface area contributed by atoms with E-state index >= 15 is 0 Å². The van der Waals surface area contributed by atoms with Gasteiger partial charge in [0.2, 0.25) is 5.91 Å². The van der Waals surface area contributed by atoms with Crippen LogP contribution in [0.25, 0.3) is 11.1 Å². The molecule has 2 aromatic carbocycles. The molecule has 0 saturated carbocycles. The normalized spacial score (nSPS) is 15.1. The first-order valence-corrected chi connectivity index (χ1v) is 10.8. The predicted molar refractivity (Wildman–Crippen MR) is 114 cm³/mol. The van der Waals surface area contributed by atoms with Crippen LogP contribution in [-0.2, 0) is 4.79 Å². The predicted octanol–water partition coefficient (Wildman–Crippen LogP) is 4.34. The largest absolute Gasteiger partial charge is 0.423 e. The van der Waals surface area contributed by atoms with E-state index in [1.54, 1.807) is 11.8 Å². The van der Waals surface area contributed by atoms with Crippen LogP contribution < -0.4 is 10.2 Å². The SMILES string of the molecule is O=C(CCSc1ccccc1)NCC1CCN(c2nc3ccccc3o2)CC1. The molecule has 3 aromatic rings. The smallest absolute Gasteiger partial charge is 0.298 e. The molecule has 28 heavy (non-hydrogen) atoms. The van der Waals surface area contributed by atoms with Crippen molar-refractivity contribution in [3.63, 3.8) is 0 Å². The molecular weight excluding hydrogens is 370 g/mol. The molecule has 0 radical (unpaired) electrons. The van der Waals surface area contributed by atoms with E-state index in [0.717, 1.165) is 49.3 Å². The molecule has 6 heteroatoms. The Morgan fingerprint density at radius 3 is 2.64 bits per heavy atom. The number of anilines is 1. The number of carbonyl (C=O) groups excluding carboxylic acids is 1. The van der Waals surface area contributed by atoms with Gasteiger partial charge in [-0.15, -0.1) is 11.8 Å². The van der Waals surface area contributed by atoms with E-state index in [1.165, 1.54) is 4.90 Å². The molecule has 1 N–H and O–H groups in total. The van der Waals surface area contributed by atoms with Crippen LogP contribution in [0.2, 0.25) is 0 Å². The number of carbonyl (C=O) groups is 1. The Morgan fingerprint density at radius 1 is 1.11 bits per heavy atom. The number of nitrogens with one attached hydrogen (secondary N) is 1. The highest BCUT2D eigenvalue weighted by Crippen LogP contribution is 2.26. The molecule has 2 heterocycles. The molecule has 146 valence electrons. The molecule has 1 amide bonds. The number of fused-ring (bicyclic) bond motifs is 1. The Labute approximate surface area is 169 Å². The van der Waals surface area contributed by atoms with Crippen LogP contribution in [0.1, 0.15) is 19.3 Å². The molecule has 1 fully saturated rings. The molecule has 0 atom stereocenters. The lowest BCUT2D eigenvalue weighted by molar-refractivity contribution is -0.120. The fraction of sp³-hybridized carbons (Fsp3) is 0.364. The fourth-order valence-electron chi connectivity index (χ4n) is 3.45. The van der Waals surface area contributed by atoms with Crippen LogP contribution in [0.3, 0.4) is 0 Å². The molecule has 5 nitrogen and oxygen atoms in total. The van der Waals surface area contributed by atoms with Crippen molar-refractivity contribution in [2.45, 2.75) is 24.2 Å². The first-order valence-electron chi connectivity index (χ1n) is 9.83. The third kappa shape index (κ3) is 4.87. The van der Waals surface area contributed by atoms with Gasteiger partial charge in [0.05, 0.1) is 0 Å². The van der Waals surface area contributed by atoms with Crippen molar-refractivity contribution in [3.05, 3.63) is 54.6 Å². The van der Waals surface area contributed by atoms with Gasteiger partial charge < -0.3 is 14.6 Å². The van der Waals surface area contributed by atoms with Crippen molar-refractivity contribution in [1.82, 2.24) is 10.3 Å². The summed E-state index contributed by atoms with van der Waals surface area (Å²) in [6.45, 7) is 2.59. The number of hydrogen-bond donors (Lipinski definition) is 1. The van der Waals surface area contributed by atoms with Gasteiger partial charge in [-0.25, -0.2) is 0 Å². The van der Waals surface area contributed by atoms with Crippen LogP contribution in [0, 0.1) is 5.92 Å². The van der Waals surface area contributed by atoms with E-state index in [-0.39, 0.29) is 5.91 Å². The van der Waals surface area contributed by atoms with Crippen LogP contribution >= 0.6 is 11.8 Å². The van der Waals surface area contributed by atoms with Crippen LogP contribution in [0.5, 0.6) is 0 Å². The minimum atomic E-state index is 0.143. The third-order valence-corrected chi connectivity index (χ3v) is 6.11. The summed E-state index contributed by atoms with van der Waals surface area (Å²) in [5.41, 5.74) is 1.74. The summed E-state index contributed by atoms with van der Waals surface area (Å²) in [6.07, 6.45) is 2.64. The molecule has 4 rings (SSSR count). The van der Waals surface area contributed by atoms with Gasteiger partial charge in [-0.05, 0) is 43.0 Å². The second-order valence-electron chi connectivity index (χ2n) is 7.11. The second-order valence-corrected chi connectivity index (χ2v) is 8.28. The lowest BCUT2D eigenvalue weighted by Crippen LogP contribution is -2.38. The molecule has 0 unspecified atom stereocenters. The molecule has 0 spiro atoms. The maximum Gasteiger partial charge on any atom is 0.298 e. The highest BCUT2D eigenvalue weighted by Gasteiger charge is 2.23. The highest BCUT2D eigenvalue weighted by molar-refractivity contribution is 7.99. The van der Waals surface area contributed by atoms with Crippen LogP contribution in [0.15, 0.2) is 63.9 Å². The van der Waals surface area contributed by atoms with Gasteiger partial charge in [0.15, 0.2) is 5.58 Å². The zero-order valence-corrected chi connectivity index (χ0v) is 16.7. The number of benzene rings is 2. The summed E-state index contributed by atoms with van der Waals surface area (Å²) in [5, 5.41) is 3.10. The van der Waals surface area contributed by atoms with Crippen molar-refractivity contribution in [1.29, 1.82) is 0 Å². The number of aromatic nitrogens is 1. The van der Waals surface area contributed by atoms with Gasteiger partial charge in [-0.2, -0.15) is 4.98 Å². The monoisotopic (exact) mass is 395 g/mol. The van der Waals surface area contributed by atoms with Crippen LogP contribution in [0.4, 0.5) is 6.01 Å². The third-order valence-electron chi connectivity index (χ3n) is 5.10. The van der Waals surface area contributed by atoms with E-state index in [9.17, 15) is 4.79 Å². The number of nitrogens with zero attached hydrogens (tertiary/aromatic N) is 2. The molecular formula is C22H25N3O2S. The number of thioether (sulfide) groups is 1. The van der Waals surface area contributed by atoms with Crippen molar-refractivity contribution >= 4 is 34.8 Å². The number of rotatable bonds is 7. The highest BCUT2D eigenvalue weighted by atomic mass is 32.2. The van der Waals surface area contributed by atoms with Crippen molar-refractivity contribution in [2.75, 3.05) is 30.3 Å². The number of piperidine rings is 1. The van der Waals surface area contributed by atoms with E-state index in [0.29, 0.717) is 18.4 Å². The minimum absolute atomic E-state index is 0.143. The summed E-state index contributed by atoms with van der Waals surface area (Å²) in [6, 6.07) is 18.8. The van der Waals surface area contributed by atoms with Crippen molar-refractivity contribution in [2.24, 2.45) is 5.92 Å². The lowest BCUT2D eigenvalue weighted by Gasteiger charge is -2.30. The van der Waals surface area contributed by atoms with E-state index in [2.05, 4.69) is 27.3 Å². The van der Waals surface area contributed by atoms with Crippen molar-refractivity contribution < 1.29 is 9.21 Å².